The lowest BCUT2D eigenvalue weighted by Gasteiger charge is -2.25. The van der Waals surface area contributed by atoms with Crippen LogP contribution in [0.4, 0.5) is 0 Å². The Hall–Kier alpha value is 1.34. The third kappa shape index (κ3) is 22.7. The Labute approximate surface area is 260 Å². The fourth-order valence-corrected chi connectivity index (χ4v) is 8.13. The van der Waals surface area contributed by atoms with Crippen LogP contribution in [0.15, 0.2) is 0 Å². The van der Waals surface area contributed by atoms with Crippen molar-refractivity contribution in [2.24, 2.45) is 35.5 Å². The first-order valence-electron chi connectivity index (χ1n) is 15.3. The SMILES string of the molecule is COC(CCCC(C)CC(C)CC(C)CC(C)I)OC(CCCC(C)CC(C)CC(C)CC(C)I)OC. The second-order valence-corrected chi connectivity index (χ2v) is 17.2. The molecule has 0 aromatic carbocycles. The molecule has 0 saturated heterocycles. The highest BCUT2D eigenvalue weighted by atomic mass is 127. The van der Waals surface area contributed by atoms with Gasteiger partial charge in [0.2, 0.25) is 0 Å². The van der Waals surface area contributed by atoms with Crippen LogP contribution in [-0.2, 0) is 14.2 Å². The first-order chi connectivity index (χ1) is 17.4. The van der Waals surface area contributed by atoms with E-state index in [0.29, 0.717) is 0 Å². The van der Waals surface area contributed by atoms with Crippen molar-refractivity contribution in [2.75, 3.05) is 14.2 Å². The number of hydrogen-bond acceptors (Lipinski definition) is 3. The molecule has 5 heteroatoms. The molecule has 224 valence electrons. The van der Waals surface area contributed by atoms with Crippen LogP contribution in [0.3, 0.4) is 0 Å². The highest BCUT2D eigenvalue weighted by Crippen LogP contribution is 2.28. The zero-order valence-electron chi connectivity index (χ0n) is 26.2. The minimum absolute atomic E-state index is 0.168. The molecule has 0 fully saturated rings. The maximum atomic E-state index is 6.21. The molecule has 10 unspecified atom stereocenters. The van der Waals surface area contributed by atoms with Crippen LogP contribution >= 0.6 is 45.2 Å². The van der Waals surface area contributed by atoms with Gasteiger partial charge in [-0.15, -0.1) is 0 Å². The summed E-state index contributed by atoms with van der Waals surface area (Å²) in [5.41, 5.74) is 0. The summed E-state index contributed by atoms with van der Waals surface area (Å²) < 4.78 is 19.1. The fraction of sp³-hybridized carbons (Fsp3) is 1.00. The van der Waals surface area contributed by atoms with E-state index in [2.05, 4.69) is 101 Å². The summed E-state index contributed by atoms with van der Waals surface area (Å²) in [6, 6.07) is 0. The number of hydrogen-bond donors (Lipinski definition) is 0. The van der Waals surface area contributed by atoms with E-state index < -0.39 is 0 Å². The molecule has 0 aromatic heterocycles. The van der Waals surface area contributed by atoms with Gasteiger partial charge in [0.05, 0.1) is 0 Å². The van der Waals surface area contributed by atoms with Crippen LogP contribution < -0.4 is 0 Å². The van der Waals surface area contributed by atoms with Gasteiger partial charge >= 0.3 is 0 Å². The molecule has 0 heterocycles. The highest BCUT2D eigenvalue weighted by molar-refractivity contribution is 14.1. The normalized spacial score (nSPS) is 20.4. The van der Waals surface area contributed by atoms with Crippen molar-refractivity contribution in [3.05, 3.63) is 0 Å². The molecule has 0 amide bonds. The molecule has 10 atom stereocenters. The van der Waals surface area contributed by atoms with Crippen LogP contribution in [-0.4, -0.2) is 34.6 Å². The van der Waals surface area contributed by atoms with Crippen molar-refractivity contribution < 1.29 is 14.2 Å². The maximum absolute atomic E-state index is 6.21. The largest absolute Gasteiger partial charge is 0.356 e. The highest BCUT2D eigenvalue weighted by Gasteiger charge is 2.19. The average molecular weight is 751 g/mol. The predicted molar refractivity (Wildman–Crippen MR) is 180 cm³/mol. The van der Waals surface area contributed by atoms with E-state index >= 15 is 0 Å². The van der Waals surface area contributed by atoms with Crippen LogP contribution in [0.1, 0.15) is 132 Å². The molecule has 3 nitrogen and oxygen atoms in total. The van der Waals surface area contributed by atoms with Crippen LogP contribution in [0.25, 0.3) is 0 Å². The minimum Gasteiger partial charge on any atom is -0.356 e. The van der Waals surface area contributed by atoms with E-state index in [4.69, 9.17) is 14.2 Å². The van der Waals surface area contributed by atoms with Gasteiger partial charge in [0.15, 0.2) is 12.6 Å². The van der Waals surface area contributed by atoms with E-state index in [1.807, 2.05) is 0 Å². The third-order valence-electron chi connectivity index (χ3n) is 7.78. The summed E-state index contributed by atoms with van der Waals surface area (Å²) in [4.78, 5) is 0. The summed E-state index contributed by atoms with van der Waals surface area (Å²) in [6.45, 7) is 19.2. The lowest BCUT2D eigenvalue weighted by molar-refractivity contribution is -0.233. The van der Waals surface area contributed by atoms with Crippen LogP contribution in [0, 0.1) is 35.5 Å². The molecule has 0 aliphatic carbocycles. The van der Waals surface area contributed by atoms with Gasteiger partial charge in [-0.25, -0.2) is 0 Å². The number of methoxy groups -OCH3 is 2. The van der Waals surface area contributed by atoms with Crippen LogP contribution in [0.2, 0.25) is 0 Å². The van der Waals surface area contributed by atoms with E-state index in [0.717, 1.165) is 69.0 Å². The molecule has 0 aromatic rings. The second kappa shape index (κ2) is 23.0. The molecule has 0 aliphatic rings. The standard InChI is InChI=1S/C32H64I2O3/c1-23(17-25(3)19-27(5)21-29(7)33)13-11-15-31(35-9)37-32(36-10)16-12-14-24(2)18-26(4)20-28(6)22-30(8)34/h23-32H,11-22H2,1-10H3. The summed E-state index contributed by atoms with van der Waals surface area (Å²) in [5.74, 6) is 4.78. The summed E-state index contributed by atoms with van der Waals surface area (Å²) in [7, 11) is 3.53. The van der Waals surface area contributed by atoms with Gasteiger partial charge in [0.1, 0.15) is 0 Å². The van der Waals surface area contributed by atoms with Crippen molar-refractivity contribution in [1.29, 1.82) is 0 Å². The average Bonchev–Trinajstić information content (AvgIpc) is 2.75. The molecule has 37 heavy (non-hydrogen) atoms. The van der Waals surface area contributed by atoms with Gasteiger partial charge in [-0.3, -0.25) is 0 Å². The van der Waals surface area contributed by atoms with Gasteiger partial charge in [0.25, 0.3) is 0 Å². The molecule has 0 bridgehead atoms. The Morgan fingerprint density at radius 2 is 0.730 bits per heavy atom. The smallest absolute Gasteiger partial charge is 0.160 e. The first kappa shape index (κ1) is 38.3. The number of alkyl halides is 2. The van der Waals surface area contributed by atoms with Gasteiger partial charge in [-0.2, -0.15) is 0 Å². The van der Waals surface area contributed by atoms with Crippen molar-refractivity contribution in [1.82, 2.24) is 0 Å². The second-order valence-electron chi connectivity index (χ2n) is 12.9. The van der Waals surface area contributed by atoms with E-state index in [9.17, 15) is 0 Å². The Morgan fingerprint density at radius 1 is 0.432 bits per heavy atom. The Kier molecular flexibility index (Phi) is 23.8. The Balaban J connectivity index is 4.22. The maximum Gasteiger partial charge on any atom is 0.160 e. The van der Waals surface area contributed by atoms with Crippen molar-refractivity contribution in [2.45, 2.75) is 153 Å². The number of rotatable bonds is 24. The zero-order chi connectivity index (χ0) is 28.4. The van der Waals surface area contributed by atoms with Crippen molar-refractivity contribution >= 4 is 45.2 Å². The van der Waals surface area contributed by atoms with Gasteiger partial charge < -0.3 is 14.2 Å². The van der Waals surface area contributed by atoms with E-state index in [1.165, 1.54) is 51.4 Å². The van der Waals surface area contributed by atoms with Crippen molar-refractivity contribution in [3.8, 4) is 0 Å². The van der Waals surface area contributed by atoms with Gasteiger partial charge in [-0.05, 0) is 99.7 Å². The zero-order valence-corrected chi connectivity index (χ0v) is 30.6. The lowest BCUT2D eigenvalue weighted by Crippen LogP contribution is -2.25. The molecule has 0 rings (SSSR count). The quantitative estimate of drug-likeness (QED) is 0.0559. The molecule has 0 spiro atoms. The molecular weight excluding hydrogens is 686 g/mol. The van der Waals surface area contributed by atoms with Gasteiger partial charge in [0, 0.05) is 22.1 Å². The molecule has 0 N–H and O–H groups in total. The van der Waals surface area contributed by atoms with E-state index in [-0.39, 0.29) is 12.6 Å². The first-order valence-corrected chi connectivity index (χ1v) is 17.8. The van der Waals surface area contributed by atoms with Gasteiger partial charge in [-0.1, -0.05) is 113 Å². The predicted octanol–water partition coefficient (Wildman–Crippen LogP) is 11.1. The molecule has 0 radical (unpaired) electrons. The fourth-order valence-electron chi connectivity index (χ4n) is 6.40. The van der Waals surface area contributed by atoms with Crippen molar-refractivity contribution in [3.63, 3.8) is 0 Å². The summed E-state index contributed by atoms with van der Waals surface area (Å²) in [6.07, 6.45) is 14.4. The van der Waals surface area contributed by atoms with Crippen LogP contribution in [0.5, 0.6) is 0 Å². The summed E-state index contributed by atoms with van der Waals surface area (Å²) in [5, 5.41) is 0. The number of halogens is 2. The Morgan fingerprint density at radius 3 is 1.03 bits per heavy atom. The molecule has 0 aliphatic heterocycles. The number of ether oxygens (including phenoxy) is 3. The minimum atomic E-state index is -0.168. The molecular formula is C32H64I2O3. The topological polar surface area (TPSA) is 27.7 Å². The summed E-state index contributed by atoms with van der Waals surface area (Å²) >= 11 is 5.11. The van der Waals surface area contributed by atoms with E-state index in [1.54, 1.807) is 14.2 Å². The monoisotopic (exact) mass is 750 g/mol. The third-order valence-corrected chi connectivity index (χ3v) is 8.79. The lowest BCUT2D eigenvalue weighted by atomic mass is 9.86. The molecule has 0 saturated carbocycles. The Bertz CT molecular complexity index is 472.